The molecule has 0 aliphatic carbocycles. The molecular formula is C27H47NO3. The fraction of sp³-hybridized carbons (Fsp3) is 0.778. The fourth-order valence-electron chi connectivity index (χ4n) is 4.62. The van der Waals surface area contributed by atoms with Crippen molar-refractivity contribution < 1.29 is 14.7 Å². The molecule has 1 heterocycles. The Morgan fingerprint density at radius 3 is 1.58 bits per heavy atom. The van der Waals surface area contributed by atoms with Crippen molar-refractivity contribution in [3.63, 3.8) is 0 Å². The third kappa shape index (κ3) is 10.5. The molecule has 0 aliphatic rings. The number of carboxylic acids is 1. The lowest BCUT2D eigenvalue weighted by molar-refractivity contribution is -0.136. The van der Waals surface area contributed by atoms with Gasteiger partial charge in [0.05, 0.1) is 12.1 Å². The Labute approximate surface area is 190 Å². The summed E-state index contributed by atoms with van der Waals surface area (Å²) in [7, 11) is 1.87. The average molecular weight is 434 g/mol. The quantitative estimate of drug-likeness (QED) is 0.179. The van der Waals surface area contributed by atoms with Crippen molar-refractivity contribution in [3.05, 3.63) is 22.5 Å². The molecule has 4 nitrogen and oxygen atoms in total. The van der Waals surface area contributed by atoms with E-state index in [0.29, 0.717) is 12.1 Å². The first-order valence-corrected chi connectivity index (χ1v) is 12.8. The van der Waals surface area contributed by atoms with E-state index >= 15 is 0 Å². The summed E-state index contributed by atoms with van der Waals surface area (Å²) in [6, 6.07) is 0. The summed E-state index contributed by atoms with van der Waals surface area (Å²) in [5, 5.41) is 9.11. The van der Waals surface area contributed by atoms with Gasteiger partial charge in [-0.3, -0.25) is 9.59 Å². The molecule has 178 valence electrons. The summed E-state index contributed by atoms with van der Waals surface area (Å²) in [6.45, 7) is 6.05. The number of unbranched alkanes of at least 4 members (excludes halogenated alkanes) is 14. The van der Waals surface area contributed by atoms with Crippen LogP contribution in [0.5, 0.6) is 0 Å². The lowest BCUT2D eigenvalue weighted by atomic mass is 10.0. The van der Waals surface area contributed by atoms with Crippen LogP contribution in [-0.2, 0) is 18.3 Å². The number of ketones is 1. The van der Waals surface area contributed by atoms with E-state index in [4.69, 9.17) is 5.11 Å². The highest BCUT2D eigenvalue weighted by Crippen LogP contribution is 2.24. The van der Waals surface area contributed by atoms with Crippen LogP contribution in [0.2, 0.25) is 0 Å². The van der Waals surface area contributed by atoms with Gasteiger partial charge in [-0.1, -0.05) is 96.8 Å². The molecule has 31 heavy (non-hydrogen) atoms. The van der Waals surface area contributed by atoms with Crippen LogP contribution in [0.1, 0.15) is 137 Å². The third-order valence-electron chi connectivity index (χ3n) is 6.68. The van der Waals surface area contributed by atoms with Crippen molar-refractivity contribution in [2.45, 2.75) is 130 Å². The number of carboxylic acid groups (broad SMARTS) is 1. The first kappa shape index (κ1) is 27.5. The molecule has 1 N–H and O–H groups in total. The molecule has 0 spiro atoms. The number of carbonyl (C=O) groups excluding carboxylic acids is 1. The Balaban J connectivity index is 2.10. The first-order valence-electron chi connectivity index (χ1n) is 12.8. The minimum atomic E-state index is -0.849. The van der Waals surface area contributed by atoms with Gasteiger partial charge in [0.15, 0.2) is 5.78 Å². The lowest BCUT2D eigenvalue weighted by Gasteiger charge is -2.06. The molecule has 1 rings (SSSR count). The molecule has 4 heteroatoms. The predicted octanol–water partition coefficient (Wildman–Crippen LogP) is 7.71. The van der Waals surface area contributed by atoms with Crippen LogP contribution in [0.15, 0.2) is 0 Å². The van der Waals surface area contributed by atoms with Crippen LogP contribution in [0.4, 0.5) is 0 Å². The molecular weight excluding hydrogens is 386 g/mol. The molecule has 0 aromatic carbocycles. The Bertz CT molecular complexity index is 660. The van der Waals surface area contributed by atoms with Gasteiger partial charge in [0, 0.05) is 19.2 Å². The Hall–Kier alpha value is -1.58. The summed E-state index contributed by atoms with van der Waals surface area (Å²) in [5.41, 5.74) is 3.21. The second kappa shape index (κ2) is 16.1. The van der Waals surface area contributed by atoms with Gasteiger partial charge in [-0.15, -0.1) is 0 Å². The smallest absolute Gasteiger partial charge is 0.307 e. The van der Waals surface area contributed by atoms with Crippen molar-refractivity contribution in [2.24, 2.45) is 7.05 Å². The zero-order valence-corrected chi connectivity index (χ0v) is 20.7. The third-order valence-corrected chi connectivity index (χ3v) is 6.68. The van der Waals surface area contributed by atoms with Gasteiger partial charge in [-0.2, -0.15) is 0 Å². The van der Waals surface area contributed by atoms with Gasteiger partial charge >= 0.3 is 5.97 Å². The molecule has 0 amide bonds. The monoisotopic (exact) mass is 433 g/mol. The second-order valence-electron chi connectivity index (χ2n) is 9.29. The van der Waals surface area contributed by atoms with Gasteiger partial charge in [0.1, 0.15) is 0 Å². The minimum Gasteiger partial charge on any atom is -0.481 e. The topological polar surface area (TPSA) is 59.3 Å². The summed E-state index contributed by atoms with van der Waals surface area (Å²) in [5.74, 6) is -0.701. The van der Waals surface area contributed by atoms with Gasteiger partial charge in [-0.05, 0) is 31.4 Å². The molecule has 0 unspecified atom stereocenters. The lowest BCUT2D eigenvalue weighted by Crippen LogP contribution is -2.08. The largest absolute Gasteiger partial charge is 0.481 e. The predicted molar refractivity (Wildman–Crippen MR) is 130 cm³/mol. The maximum atomic E-state index is 12.7. The second-order valence-corrected chi connectivity index (χ2v) is 9.29. The van der Waals surface area contributed by atoms with E-state index in [2.05, 4.69) is 6.92 Å². The van der Waals surface area contributed by atoms with E-state index in [0.717, 1.165) is 29.7 Å². The van der Waals surface area contributed by atoms with Gasteiger partial charge < -0.3 is 9.67 Å². The van der Waals surface area contributed by atoms with Crippen molar-refractivity contribution in [3.8, 4) is 0 Å². The summed E-state index contributed by atoms with van der Waals surface area (Å²) in [6.07, 6.45) is 20.3. The maximum Gasteiger partial charge on any atom is 0.307 e. The summed E-state index contributed by atoms with van der Waals surface area (Å²) < 4.78 is 1.88. The number of Topliss-reactive ketones (excluding diaryl/α,β-unsaturated/α-hetero) is 1. The molecule has 0 aliphatic heterocycles. The first-order chi connectivity index (χ1) is 14.9. The van der Waals surface area contributed by atoms with Crippen LogP contribution >= 0.6 is 0 Å². The van der Waals surface area contributed by atoms with Crippen molar-refractivity contribution >= 4 is 11.8 Å². The standard InChI is InChI=1S/C27H47NO3/c1-5-6-7-8-9-10-11-12-13-14-15-16-17-18-19-20-25(29)27-22(2)24(21-26(30)31)23(3)28(27)4/h5-21H2,1-4H3,(H,30,31). The molecule has 0 saturated carbocycles. The number of aromatic nitrogens is 1. The maximum absolute atomic E-state index is 12.7. The fourth-order valence-corrected chi connectivity index (χ4v) is 4.62. The SMILES string of the molecule is CCCCCCCCCCCCCCCCCC(=O)c1c(C)c(CC(=O)O)c(C)n1C. The molecule has 0 saturated heterocycles. The number of hydrogen-bond acceptors (Lipinski definition) is 2. The molecule has 0 fully saturated rings. The zero-order valence-electron chi connectivity index (χ0n) is 20.7. The summed E-state index contributed by atoms with van der Waals surface area (Å²) >= 11 is 0. The molecule has 0 bridgehead atoms. The molecule has 1 aromatic heterocycles. The van der Waals surface area contributed by atoms with E-state index < -0.39 is 5.97 Å². The Morgan fingerprint density at radius 1 is 0.742 bits per heavy atom. The molecule has 0 atom stereocenters. The van der Waals surface area contributed by atoms with Crippen LogP contribution in [0.3, 0.4) is 0 Å². The minimum absolute atomic E-state index is 0.0161. The van der Waals surface area contributed by atoms with Crippen molar-refractivity contribution in [1.29, 1.82) is 0 Å². The van der Waals surface area contributed by atoms with E-state index in [1.165, 1.54) is 83.5 Å². The Kier molecular flexibility index (Phi) is 14.3. The highest BCUT2D eigenvalue weighted by atomic mass is 16.4. The van der Waals surface area contributed by atoms with Crippen LogP contribution in [0, 0.1) is 13.8 Å². The normalized spacial score (nSPS) is 11.2. The van der Waals surface area contributed by atoms with Gasteiger partial charge in [0.25, 0.3) is 0 Å². The van der Waals surface area contributed by atoms with E-state index in [9.17, 15) is 9.59 Å². The highest BCUT2D eigenvalue weighted by Gasteiger charge is 2.21. The van der Waals surface area contributed by atoms with Crippen molar-refractivity contribution in [1.82, 2.24) is 4.57 Å². The van der Waals surface area contributed by atoms with E-state index in [1.54, 1.807) is 0 Å². The van der Waals surface area contributed by atoms with Crippen LogP contribution in [-0.4, -0.2) is 21.4 Å². The summed E-state index contributed by atoms with van der Waals surface area (Å²) in [4.78, 5) is 23.8. The number of nitrogens with zero attached hydrogens (tertiary/aromatic N) is 1. The number of aliphatic carboxylic acids is 1. The highest BCUT2D eigenvalue weighted by molar-refractivity contribution is 5.97. The molecule has 1 aromatic rings. The number of rotatable bonds is 19. The van der Waals surface area contributed by atoms with Crippen LogP contribution in [0.25, 0.3) is 0 Å². The van der Waals surface area contributed by atoms with Crippen LogP contribution < -0.4 is 0 Å². The van der Waals surface area contributed by atoms with Gasteiger partial charge in [-0.25, -0.2) is 0 Å². The Morgan fingerprint density at radius 2 is 1.16 bits per heavy atom. The zero-order chi connectivity index (χ0) is 23.1. The van der Waals surface area contributed by atoms with E-state index in [-0.39, 0.29) is 12.2 Å². The average Bonchev–Trinajstić information content (AvgIpc) is 2.93. The number of hydrogen-bond donors (Lipinski definition) is 1. The van der Waals surface area contributed by atoms with E-state index in [1.807, 2.05) is 25.5 Å². The number of carbonyl (C=O) groups is 2. The van der Waals surface area contributed by atoms with Gasteiger partial charge in [0.2, 0.25) is 0 Å². The van der Waals surface area contributed by atoms with Crippen molar-refractivity contribution in [2.75, 3.05) is 0 Å². The molecule has 0 radical (unpaired) electrons.